The van der Waals surface area contributed by atoms with E-state index in [-0.39, 0.29) is 12.6 Å². The first-order valence-electron chi connectivity index (χ1n) is 7.12. The van der Waals surface area contributed by atoms with E-state index in [4.69, 9.17) is 23.2 Å². The zero-order valence-electron chi connectivity index (χ0n) is 11.7. The van der Waals surface area contributed by atoms with Gasteiger partial charge < -0.3 is 0 Å². The number of amides is 4. The van der Waals surface area contributed by atoms with Crippen LogP contribution in [0.1, 0.15) is 31.2 Å². The molecule has 0 spiro atoms. The summed E-state index contributed by atoms with van der Waals surface area (Å²) in [7, 11) is 0. The molecule has 22 heavy (non-hydrogen) atoms. The van der Waals surface area contributed by atoms with Crippen molar-refractivity contribution in [1.29, 1.82) is 0 Å². The maximum absolute atomic E-state index is 12.5. The van der Waals surface area contributed by atoms with E-state index < -0.39 is 17.8 Å². The Labute approximate surface area is 137 Å². The molecule has 0 N–H and O–H groups in total. The Morgan fingerprint density at radius 3 is 2.18 bits per heavy atom. The van der Waals surface area contributed by atoms with Gasteiger partial charge in [0.25, 0.3) is 0 Å². The summed E-state index contributed by atoms with van der Waals surface area (Å²) in [5, 5.41) is 0.722. The lowest BCUT2D eigenvalue weighted by atomic mass is 10.2. The highest BCUT2D eigenvalue weighted by Crippen LogP contribution is 2.31. The van der Waals surface area contributed by atoms with Gasteiger partial charge in [0.1, 0.15) is 0 Å². The van der Waals surface area contributed by atoms with Crippen molar-refractivity contribution in [2.75, 3.05) is 0 Å². The highest BCUT2D eigenvalue weighted by atomic mass is 35.5. The van der Waals surface area contributed by atoms with Gasteiger partial charge in [0.2, 0.25) is 0 Å². The summed E-state index contributed by atoms with van der Waals surface area (Å²) in [5.74, 6) is -1.56. The fourth-order valence-corrected chi connectivity index (χ4v) is 3.50. The van der Waals surface area contributed by atoms with Gasteiger partial charge in [-0.25, -0.2) is 4.79 Å². The van der Waals surface area contributed by atoms with Gasteiger partial charge in [-0.05, 0) is 25.0 Å². The molecule has 1 heterocycles. The Morgan fingerprint density at radius 1 is 1.00 bits per heavy atom. The summed E-state index contributed by atoms with van der Waals surface area (Å²) in [6.07, 6.45) is 3.44. The molecule has 4 amide bonds. The van der Waals surface area contributed by atoms with Gasteiger partial charge >= 0.3 is 17.8 Å². The minimum Gasteiger partial charge on any atom is -0.263 e. The van der Waals surface area contributed by atoms with Gasteiger partial charge in [-0.15, -0.1) is 0 Å². The van der Waals surface area contributed by atoms with Gasteiger partial charge in [0.15, 0.2) is 0 Å². The van der Waals surface area contributed by atoms with Crippen molar-refractivity contribution in [3.8, 4) is 0 Å². The molecule has 1 aliphatic carbocycles. The summed E-state index contributed by atoms with van der Waals surface area (Å²) in [5.41, 5.74) is 0.466. The molecule has 2 fully saturated rings. The third kappa shape index (κ3) is 2.48. The van der Waals surface area contributed by atoms with Crippen molar-refractivity contribution in [3.05, 3.63) is 33.8 Å². The van der Waals surface area contributed by atoms with E-state index in [0.29, 0.717) is 15.6 Å². The Morgan fingerprint density at radius 2 is 1.59 bits per heavy atom. The molecule has 1 aromatic rings. The molecule has 0 atom stereocenters. The Kier molecular flexibility index (Phi) is 4.10. The first-order chi connectivity index (χ1) is 10.5. The summed E-state index contributed by atoms with van der Waals surface area (Å²) in [6.45, 7) is -0.0921. The van der Waals surface area contributed by atoms with Gasteiger partial charge in [-0.3, -0.25) is 19.4 Å². The third-order valence-corrected chi connectivity index (χ3v) is 4.86. The molecule has 0 unspecified atom stereocenters. The summed E-state index contributed by atoms with van der Waals surface area (Å²) >= 11 is 12.1. The molecule has 2 aliphatic rings. The Balaban J connectivity index is 1.87. The number of carbonyl (C=O) groups is 3. The maximum atomic E-state index is 12.5. The number of hydrogen-bond acceptors (Lipinski definition) is 3. The number of urea groups is 1. The van der Waals surface area contributed by atoms with Crippen molar-refractivity contribution in [3.63, 3.8) is 0 Å². The predicted octanol–water partition coefficient (Wildman–Crippen LogP) is 3.23. The largest absolute Gasteiger partial charge is 0.334 e. The van der Waals surface area contributed by atoms with Crippen molar-refractivity contribution in [1.82, 2.24) is 9.80 Å². The average Bonchev–Trinajstić information content (AvgIpc) is 3.06. The van der Waals surface area contributed by atoms with Crippen LogP contribution in [0.2, 0.25) is 10.0 Å². The van der Waals surface area contributed by atoms with Crippen molar-refractivity contribution >= 4 is 41.0 Å². The molecular formula is C15H14Cl2N2O3. The molecule has 1 saturated carbocycles. The fraction of sp³-hybridized carbons (Fsp3) is 0.400. The van der Waals surface area contributed by atoms with Crippen LogP contribution in [0.15, 0.2) is 18.2 Å². The highest BCUT2D eigenvalue weighted by molar-refractivity contribution is 6.45. The zero-order chi connectivity index (χ0) is 15.9. The fourth-order valence-electron chi connectivity index (χ4n) is 2.99. The molecular weight excluding hydrogens is 327 g/mol. The lowest BCUT2D eigenvalue weighted by Crippen LogP contribution is -2.39. The van der Waals surface area contributed by atoms with Crippen LogP contribution in [-0.4, -0.2) is 33.7 Å². The lowest BCUT2D eigenvalue weighted by molar-refractivity contribution is -0.144. The van der Waals surface area contributed by atoms with Crippen LogP contribution in [0.5, 0.6) is 0 Å². The molecule has 0 aromatic heterocycles. The monoisotopic (exact) mass is 340 g/mol. The molecule has 116 valence electrons. The number of nitrogens with zero attached hydrogens (tertiary/aromatic N) is 2. The zero-order valence-corrected chi connectivity index (χ0v) is 13.2. The van der Waals surface area contributed by atoms with Gasteiger partial charge in [-0.1, -0.05) is 42.1 Å². The van der Waals surface area contributed by atoms with Crippen LogP contribution in [0, 0.1) is 0 Å². The highest BCUT2D eigenvalue weighted by Gasteiger charge is 2.48. The van der Waals surface area contributed by atoms with Gasteiger partial charge in [0.05, 0.1) is 6.54 Å². The number of halogens is 2. The third-order valence-electron chi connectivity index (χ3n) is 4.15. The van der Waals surface area contributed by atoms with Crippen LogP contribution in [0.25, 0.3) is 0 Å². The van der Waals surface area contributed by atoms with E-state index in [1.807, 2.05) is 0 Å². The molecule has 1 aromatic carbocycles. The standard InChI is InChI=1S/C15H14Cl2N2O3/c16-11-6-3-7-12(17)10(11)8-18-13(20)14(21)19(15(18)22)9-4-1-2-5-9/h3,6-7,9H,1-2,4-5,8H2. The average molecular weight is 341 g/mol. The van der Waals surface area contributed by atoms with Crippen LogP contribution in [0.3, 0.4) is 0 Å². The van der Waals surface area contributed by atoms with Gasteiger partial charge in [-0.2, -0.15) is 0 Å². The summed E-state index contributed by atoms with van der Waals surface area (Å²) in [6, 6.07) is 4.19. The first kappa shape index (κ1) is 15.3. The second-order valence-corrected chi connectivity index (χ2v) is 6.30. The molecule has 1 saturated heterocycles. The first-order valence-corrected chi connectivity index (χ1v) is 7.88. The van der Waals surface area contributed by atoms with Crippen LogP contribution >= 0.6 is 23.2 Å². The van der Waals surface area contributed by atoms with Crippen LogP contribution < -0.4 is 0 Å². The lowest BCUT2D eigenvalue weighted by Gasteiger charge is -2.21. The minimum atomic E-state index is -0.812. The number of benzene rings is 1. The van der Waals surface area contributed by atoms with E-state index in [1.165, 1.54) is 0 Å². The quantitative estimate of drug-likeness (QED) is 0.627. The molecule has 5 nitrogen and oxygen atoms in total. The van der Waals surface area contributed by atoms with E-state index in [1.54, 1.807) is 18.2 Å². The summed E-state index contributed by atoms with van der Waals surface area (Å²) < 4.78 is 0. The van der Waals surface area contributed by atoms with E-state index in [0.717, 1.165) is 35.5 Å². The second-order valence-electron chi connectivity index (χ2n) is 5.49. The van der Waals surface area contributed by atoms with E-state index in [9.17, 15) is 14.4 Å². The summed E-state index contributed by atoms with van der Waals surface area (Å²) in [4.78, 5) is 38.7. The number of hydrogen-bond donors (Lipinski definition) is 0. The minimum absolute atomic E-state index is 0.0921. The SMILES string of the molecule is O=C1C(=O)N(C2CCCC2)C(=O)N1Cc1c(Cl)cccc1Cl. The molecule has 7 heteroatoms. The van der Waals surface area contributed by atoms with E-state index >= 15 is 0 Å². The Bertz CT molecular complexity index is 636. The molecule has 1 aliphatic heterocycles. The van der Waals surface area contributed by atoms with Crippen molar-refractivity contribution < 1.29 is 14.4 Å². The predicted molar refractivity (Wildman–Crippen MR) is 81.5 cm³/mol. The second kappa shape index (κ2) is 5.89. The number of imide groups is 2. The van der Waals surface area contributed by atoms with Crippen molar-refractivity contribution in [2.24, 2.45) is 0 Å². The molecule has 0 radical (unpaired) electrons. The van der Waals surface area contributed by atoms with Crippen LogP contribution in [0.4, 0.5) is 4.79 Å². The number of rotatable bonds is 3. The topological polar surface area (TPSA) is 57.7 Å². The van der Waals surface area contributed by atoms with Gasteiger partial charge in [0, 0.05) is 21.7 Å². The van der Waals surface area contributed by atoms with E-state index in [2.05, 4.69) is 0 Å². The maximum Gasteiger partial charge on any atom is 0.334 e. The van der Waals surface area contributed by atoms with Crippen LogP contribution in [-0.2, 0) is 16.1 Å². The Hall–Kier alpha value is -1.59. The smallest absolute Gasteiger partial charge is 0.263 e. The molecule has 0 bridgehead atoms. The normalized spacial score (nSPS) is 19.6. The number of carbonyl (C=O) groups excluding carboxylic acids is 3. The van der Waals surface area contributed by atoms with Crippen molar-refractivity contribution in [2.45, 2.75) is 38.3 Å². The molecule has 3 rings (SSSR count).